The summed E-state index contributed by atoms with van der Waals surface area (Å²) in [6, 6.07) is 23.1. The Kier molecular flexibility index (Phi) is 6.25. The van der Waals surface area contributed by atoms with Crippen LogP contribution in [0.25, 0.3) is 11.1 Å². The molecule has 0 aliphatic carbocycles. The zero-order valence-electron chi connectivity index (χ0n) is 16.8. The number of fused-ring (bicyclic) bond motifs is 1. The molecule has 5 N–H and O–H groups in total. The fourth-order valence-electron chi connectivity index (χ4n) is 3.65. The molecule has 0 radical (unpaired) electrons. The molecule has 1 aliphatic heterocycles. The number of nitrogens with one attached hydrogen (secondary N) is 3. The lowest BCUT2D eigenvalue weighted by atomic mass is 9.98. The van der Waals surface area contributed by atoms with E-state index in [4.69, 9.17) is 5.73 Å². The van der Waals surface area contributed by atoms with E-state index in [2.05, 4.69) is 74.5 Å². The van der Waals surface area contributed by atoms with Crippen LogP contribution in [0, 0.1) is 0 Å². The van der Waals surface area contributed by atoms with Gasteiger partial charge in [-0.1, -0.05) is 42.5 Å². The number of nitrogens with two attached hydrogens (primary N) is 1. The Hall–Kier alpha value is -3.80. The van der Waals surface area contributed by atoms with Crippen molar-refractivity contribution in [3.05, 3.63) is 72.3 Å². The maximum Gasteiger partial charge on any atom is 0.111 e. The molecular weight excluding hydrogens is 372 g/mol. The third-order valence-corrected chi connectivity index (χ3v) is 5.01. The number of hydrogen-bond acceptors (Lipinski definition) is 4. The second-order valence-electron chi connectivity index (χ2n) is 7.01. The van der Waals surface area contributed by atoms with E-state index in [1.807, 2.05) is 18.2 Å². The first-order valence-corrected chi connectivity index (χ1v) is 10.1. The molecule has 0 spiro atoms. The van der Waals surface area contributed by atoms with Crippen molar-refractivity contribution in [1.82, 2.24) is 0 Å². The molecule has 0 atom stereocenters. The Morgan fingerprint density at radius 2 is 1.87 bits per heavy atom. The molecule has 3 aromatic rings. The summed E-state index contributed by atoms with van der Waals surface area (Å²) in [5, 5.41) is 10.6. The predicted molar refractivity (Wildman–Crippen MR) is 128 cm³/mol. The van der Waals surface area contributed by atoms with Crippen LogP contribution < -0.4 is 21.7 Å². The lowest BCUT2D eigenvalue weighted by Crippen LogP contribution is -2.07. The molecule has 4 rings (SSSR count). The highest BCUT2D eigenvalue weighted by Gasteiger charge is 2.17. The lowest BCUT2D eigenvalue weighted by molar-refractivity contribution is 1.03. The molecule has 0 saturated carbocycles. The number of aliphatic imine (C=N–C) groups is 2. The van der Waals surface area contributed by atoms with E-state index in [9.17, 15) is 0 Å². The van der Waals surface area contributed by atoms with Crippen molar-refractivity contribution in [2.24, 2.45) is 15.7 Å². The van der Waals surface area contributed by atoms with Gasteiger partial charge in [-0.25, -0.2) is 4.99 Å². The highest BCUT2D eigenvalue weighted by molar-refractivity contribution is 5.90. The fraction of sp³-hybridized carbons (Fsp3) is 0.167. The van der Waals surface area contributed by atoms with Gasteiger partial charge in [-0.05, 0) is 36.2 Å². The van der Waals surface area contributed by atoms with E-state index in [1.54, 1.807) is 0 Å². The molecule has 0 saturated heterocycles. The fourth-order valence-corrected chi connectivity index (χ4v) is 3.65. The first-order valence-electron chi connectivity index (χ1n) is 10.1. The average Bonchev–Trinajstić information content (AvgIpc) is 3.26. The van der Waals surface area contributed by atoms with Crippen molar-refractivity contribution in [3.63, 3.8) is 0 Å². The van der Waals surface area contributed by atoms with Gasteiger partial charge in [0.15, 0.2) is 0 Å². The molecule has 0 fully saturated rings. The van der Waals surface area contributed by atoms with Crippen LogP contribution in [-0.4, -0.2) is 32.3 Å². The van der Waals surface area contributed by atoms with Gasteiger partial charge in [0.1, 0.15) is 6.34 Å². The number of rotatable bonds is 8. The monoisotopic (exact) mass is 398 g/mol. The van der Waals surface area contributed by atoms with E-state index >= 15 is 0 Å². The van der Waals surface area contributed by atoms with Crippen molar-refractivity contribution < 1.29 is 0 Å². The van der Waals surface area contributed by atoms with Gasteiger partial charge < -0.3 is 21.7 Å². The number of nitrogens with zero attached hydrogens (tertiary/aromatic N) is 2. The minimum absolute atomic E-state index is 0.609. The summed E-state index contributed by atoms with van der Waals surface area (Å²) in [4.78, 5) is 8.03. The Bertz CT molecular complexity index is 1040. The first kappa shape index (κ1) is 19.5. The van der Waals surface area contributed by atoms with Gasteiger partial charge in [0.2, 0.25) is 0 Å². The van der Waals surface area contributed by atoms with Gasteiger partial charge in [-0.3, -0.25) is 4.99 Å². The van der Waals surface area contributed by atoms with Crippen molar-refractivity contribution in [2.45, 2.75) is 6.42 Å². The summed E-state index contributed by atoms with van der Waals surface area (Å²) in [7, 11) is 0. The van der Waals surface area contributed by atoms with Crippen molar-refractivity contribution in [1.29, 1.82) is 0 Å². The van der Waals surface area contributed by atoms with Crippen LogP contribution >= 0.6 is 0 Å². The summed E-state index contributed by atoms with van der Waals surface area (Å²) >= 11 is 0. The van der Waals surface area contributed by atoms with Gasteiger partial charge >= 0.3 is 0 Å². The summed E-state index contributed by atoms with van der Waals surface area (Å²) in [6.07, 6.45) is 3.77. The predicted octanol–water partition coefficient (Wildman–Crippen LogP) is 4.49. The van der Waals surface area contributed by atoms with E-state index < -0.39 is 0 Å². The molecular formula is C24H26N6. The molecule has 6 heteroatoms. The molecule has 1 aliphatic rings. The summed E-state index contributed by atoms with van der Waals surface area (Å²) in [6.45, 7) is 2.29. The van der Waals surface area contributed by atoms with Gasteiger partial charge in [-0.15, -0.1) is 0 Å². The largest absolute Gasteiger partial charge is 0.390 e. The second-order valence-corrected chi connectivity index (χ2v) is 7.01. The first-order chi connectivity index (χ1) is 14.8. The van der Waals surface area contributed by atoms with Gasteiger partial charge in [0.05, 0.1) is 12.9 Å². The quantitative estimate of drug-likeness (QED) is 0.256. The van der Waals surface area contributed by atoms with Crippen LogP contribution in [0.1, 0.15) is 5.56 Å². The van der Waals surface area contributed by atoms with E-state index in [1.165, 1.54) is 35.1 Å². The summed E-state index contributed by atoms with van der Waals surface area (Å²) in [5.41, 5.74) is 13.4. The lowest BCUT2D eigenvalue weighted by Gasteiger charge is -2.17. The summed E-state index contributed by atoms with van der Waals surface area (Å²) < 4.78 is 0. The maximum atomic E-state index is 5.23. The number of para-hydroxylation sites is 2. The van der Waals surface area contributed by atoms with E-state index in [-0.39, 0.29) is 0 Å². The topological polar surface area (TPSA) is 86.8 Å². The number of hydrogen-bond donors (Lipinski definition) is 4. The van der Waals surface area contributed by atoms with Crippen molar-refractivity contribution >= 4 is 35.4 Å². The highest BCUT2D eigenvalue weighted by Crippen LogP contribution is 2.39. The molecule has 0 bridgehead atoms. The van der Waals surface area contributed by atoms with Crippen LogP contribution in [0.3, 0.4) is 0 Å². The highest BCUT2D eigenvalue weighted by atomic mass is 14.9. The maximum absolute atomic E-state index is 5.23. The van der Waals surface area contributed by atoms with Crippen molar-refractivity contribution in [3.8, 4) is 11.1 Å². The Morgan fingerprint density at radius 3 is 2.73 bits per heavy atom. The molecule has 0 amide bonds. The zero-order valence-corrected chi connectivity index (χ0v) is 16.8. The van der Waals surface area contributed by atoms with Gasteiger partial charge in [-0.2, -0.15) is 0 Å². The zero-order chi connectivity index (χ0) is 20.6. The van der Waals surface area contributed by atoms with Crippen LogP contribution in [-0.2, 0) is 6.42 Å². The second kappa shape index (κ2) is 9.60. The standard InChI is InChI=1S/C24H26N6/c25-16-27-17-26-13-14-28-23-15-20(30-19-6-2-1-3-7-19)9-10-21(23)22-8-4-5-18-11-12-29-24(18)22/h1-10,15-17,28-30H,11-14H2,(H2,25,26,27). The van der Waals surface area contributed by atoms with Gasteiger partial charge in [0.25, 0.3) is 0 Å². The third kappa shape index (κ3) is 4.60. The molecule has 1 heterocycles. The molecule has 0 unspecified atom stereocenters. The van der Waals surface area contributed by atoms with Crippen LogP contribution in [0.2, 0.25) is 0 Å². The summed E-state index contributed by atoms with van der Waals surface area (Å²) in [5.74, 6) is 0. The van der Waals surface area contributed by atoms with E-state index in [0.717, 1.165) is 30.0 Å². The smallest absolute Gasteiger partial charge is 0.111 e. The van der Waals surface area contributed by atoms with Crippen molar-refractivity contribution in [2.75, 3.05) is 35.6 Å². The minimum Gasteiger partial charge on any atom is -0.390 e. The minimum atomic E-state index is 0.609. The Labute approximate surface area is 177 Å². The van der Waals surface area contributed by atoms with Crippen LogP contribution in [0.5, 0.6) is 0 Å². The third-order valence-electron chi connectivity index (χ3n) is 5.01. The molecule has 152 valence electrons. The molecule has 3 aromatic carbocycles. The normalized spacial score (nSPS) is 12.8. The van der Waals surface area contributed by atoms with E-state index in [0.29, 0.717) is 13.1 Å². The molecule has 0 aromatic heterocycles. The number of anilines is 4. The van der Waals surface area contributed by atoms with Gasteiger partial charge in [0, 0.05) is 47.0 Å². The average molecular weight is 399 g/mol. The SMILES string of the molecule is NC=NC=NCCNc1cc(Nc2ccccc2)ccc1-c1cccc2c1NCC2. The Balaban J connectivity index is 1.62. The number of benzene rings is 3. The molecule has 30 heavy (non-hydrogen) atoms. The van der Waals surface area contributed by atoms with Crippen LogP contribution in [0.15, 0.2) is 76.7 Å². The molecule has 6 nitrogen and oxygen atoms in total. The van der Waals surface area contributed by atoms with Crippen LogP contribution in [0.4, 0.5) is 22.7 Å². The Morgan fingerprint density at radius 1 is 0.967 bits per heavy atom.